The summed E-state index contributed by atoms with van der Waals surface area (Å²) >= 11 is 1.42. The number of nitro groups is 1. The molecule has 2 aromatic heterocycles. The molecule has 1 saturated carbocycles. The van der Waals surface area contributed by atoms with Gasteiger partial charge in [0.05, 0.1) is 20.9 Å². The first kappa shape index (κ1) is 17.4. The summed E-state index contributed by atoms with van der Waals surface area (Å²) in [7, 11) is 1.83. The summed E-state index contributed by atoms with van der Waals surface area (Å²) < 4.78 is 23.1. The lowest BCUT2D eigenvalue weighted by molar-refractivity contribution is -0.384. The van der Waals surface area contributed by atoms with Gasteiger partial charge in [-0.3, -0.25) is 10.1 Å². The number of hydrogen-bond acceptors (Lipinski definition) is 7. The number of thiophene rings is 1. The maximum atomic E-state index is 11.3. The lowest BCUT2D eigenvalue weighted by atomic mass is 9.87. The largest absolute Gasteiger partial charge is 0.375 e. The third-order valence-corrected chi connectivity index (χ3v) is 6.45. The van der Waals surface area contributed by atoms with Crippen LogP contribution in [0.3, 0.4) is 0 Å². The molecule has 0 amide bonds. The molecule has 7 nitrogen and oxygen atoms in total. The molecule has 24 heavy (non-hydrogen) atoms. The normalized spacial score (nSPS) is 21.7. The van der Waals surface area contributed by atoms with Crippen LogP contribution in [-0.2, 0) is 9.05 Å². The summed E-state index contributed by atoms with van der Waals surface area (Å²) in [4.78, 5) is 15.0. The van der Waals surface area contributed by atoms with Gasteiger partial charge in [0, 0.05) is 16.7 Å². The molecule has 3 rings (SSSR count). The summed E-state index contributed by atoms with van der Waals surface area (Å²) in [5.74, 6) is 0.0472. The fraction of sp³-hybridized carbons (Fsp3) is 0.500. The highest BCUT2D eigenvalue weighted by Crippen LogP contribution is 2.37. The van der Waals surface area contributed by atoms with E-state index in [9.17, 15) is 18.5 Å². The predicted octanol–water partition coefficient (Wildman–Crippen LogP) is 3.74. The first-order valence-electron chi connectivity index (χ1n) is 7.53. The van der Waals surface area contributed by atoms with Gasteiger partial charge >= 0.3 is 5.69 Å². The zero-order valence-corrected chi connectivity index (χ0v) is 15.0. The quantitative estimate of drug-likeness (QED) is 0.474. The highest BCUT2D eigenvalue weighted by atomic mass is 35.7. The van der Waals surface area contributed by atoms with Gasteiger partial charge in [-0.2, -0.15) is 0 Å². The van der Waals surface area contributed by atoms with Crippen LogP contribution in [-0.4, -0.2) is 30.1 Å². The second-order valence-corrected chi connectivity index (χ2v) is 9.72. The second-order valence-electron chi connectivity index (χ2n) is 5.98. The molecule has 2 aromatic rings. The van der Waals surface area contributed by atoms with E-state index in [-0.39, 0.29) is 23.4 Å². The summed E-state index contributed by atoms with van der Waals surface area (Å²) in [6.07, 6.45) is 4.25. The number of nitrogens with one attached hydrogen (secondary N) is 1. The van der Waals surface area contributed by atoms with Crippen molar-refractivity contribution in [3.63, 3.8) is 0 Å². The molecule has 0 spiro atoms. The number of rotatable bonds is 5. The van der Waals surface area contributed by atoms with Gasteiger partial charge < -0.3 is 5.32 Å². The fourth-order valence-electron chi connectivity index (χ4n) is 3.14. The van der Waals surface area contributed by atoms with Crippen LogP contribution in [0.15, 0.2) is 17.6 Å². The van der Waals surface area contributed by atoms with Gasteiger partial charge in [-0.15, -0.1) is 11.3 Å². The number of anilines is 1. The third-order valence-electron chi connectivity index (χ3n) is 4.28. The minimum atomic E-state index is -3.48. The number of pyridine rings is 1. The van der Waals surface area contributed by atoms with Crippen LogP contribution in [0.2, 0.25) is 0 Å². The topological polar surface area (TPSA) is 102 Å². The van der Waals surface area contributed by atoms with E-state index in [0.29, 0.717) is 5.69 Å². The summed E-state index contributed by atoms with van der Waals surface area (Å²) in [6.45, 7) is 0. The Morgan fingerprint density at radius 2 is 2.08 bits per heavy atom. The van der Waals surface area contributed by atoms with Gasteiger partial charge in [-0.25, -0.2) is 13.4 Å². The van der Waals surface area contributed by atoms with Crippen LogP contribution in [0, 0.1) is 16.0 Å². The molecule has 1 N–H and O–H groups in total. The van der Waals surface area contributed by atoms with Crippen molar-refractivity contribution in [3.05, 3.63) is 27.8 Å². The highest BCUT2D eigenvalue weighted by molar-refractivity contribution is 8.13. The molecule has 0 atom stereocenters. The fourth-order valence-corrected chi connectivity index (χ4v) is 5.43. The average Bonchev–Trinajstić information content (AvgIpc) is 2.96. The monoisotopic (exact) mass is 389 g/mol. The molecule has 0 saturated heterocycles. The van der Waals surface area contributed by atoms with Crippen LogP contribution >= 0.6 is 22.0 Å². The van der Waals surface area contributed by atoms with E-state index in [1.54, 1.807) is 0 Å². The minimum absolute atomic E-state index is 0.00809. The van der Waals surface area contributed by atoms with Crippen LogP contribution in [0.4, 0.5) is 11.4 Å². The minimum Gasteiger partial charge on any atom is -0.375 e. The van der Waals surface area contributed by atoms with Crippen molar-refractivity contribution in [1.29, 1.82) is 0 Å². The van der Waals surface area contributed by atoms with E-state index < -0.39 is 14.0 Å². The van der Waals surface area contributed by atoms with Crippen LogP contribution in [0.25, 0.3) is 10.2 Å². The van der Waals surface area contributed by atoms with E-state index in [1.807, 2.05) is 11.4 Å². The van der Waals surface area contributed by atoms with Gasteiger partial charge in [-0.1, -0.05) is 0 Å². The second kappa shape index (κ2) is 6.81. The van der Waals surface area contributed by atoms with E-state index in [0.717, 1.165) is 35.9 Å². The molecule has 0 aromatic carbocycles. The first-order chi connectivity index (χ1) is 11.3. The van der Waals surface area contributed by atoms with Crippen LogP contribution in [0.1, 0.15) is 25.7 Å². The Kier molecular flexibility index (Phi) is 4.93. The Labute approximate surface area is 147 Å². The molecular formula is C14H16ClN3O4S2. The summed E-state index contributed by atoms with van der Waals surface area (Å²) in [5.41, 5.74) is 1.21. The van der Waals surface area contributed by atoms with Crippen molar-refractivity contribution in [1.82, 2.24) is 4.98 Å². The zero-order chi connectivity index (χ0) is 17.3. The molecule has 1 aliphatic carbocycles. The first-order valence-corrected chi connectivity index (χ1v) is 10.9. The number of hydrogen-bond donors (Lipinski definition) is 1. The molecule has 2 heterocycles. The average molecular weight is 390 g/mol. The van der Waals surface area contributed by atoms with E-state index in [1.165, 1.54) is 17.5 Å². The number of nitrogens with zero attached hydrogens (tertiary/aromatic N) is 2. The Hall–Kier alpha value is -1.45. The number of halogens is 1. The predicted molar refractivity (Wildman–Crippen MR) is 95.3 cm³/mol. The van der Waals surface area contributed by atoms with Crippen LogP contribution in [0.5, 0.6) is 0 Å². The van der Waals surface area contributed by atoms with Crippen molar-refractivity contribution < 1.29 is 13.3 Å². The number of fused-ring (bicyclic) bond motifs is 1. The maximum Gasteiger partial charge on any atom is 0.311 e. The van der Waals surface area contributed by atoms with Crippen molar-refractivity contribution >= 4 is 52.7 Å². The smallest absolute Gasteiger partial charge is 0.311 e. The lowest BCUT2D eigenvalue weighted by Crippen LogP contribution is -2.28. The van der Waals surface area contributed by atoms with Gasteiger partial charge in [0.1, 0.15) is 11.9 Å². The molecule has 0 bridgehead atoms. The molecule has 10 heteroatoms. The van der Waals surface area contributed by atoms with Crippen molar-refractivity contribution in [2.24, 2.45) is 5.92 Å². The van der Waals surface area contributed by atoms with Gasteiger partial charge in [0.2, 0.25) is 9.05 Å². The third kappa shape index (κ3) is 3.96. The Morgan fingerprint density at radius 1 is 1.38 bits per heavy atom. The van der Waals surface area contributed by atoms with Crippen molar-refractivity contribution in [3.8, 4) is 0 Å². The van der Waals surface area contributed by atoms with Crippen molar-refractivity contribution in [2.45, 2.75) is 31.7 Å². The highest BCUT2D eigenvalue weighted by Gasteiger charge is 2.27. The van der Waals surface area contributed by atoms with E-state index in [4.69, 9.17) is 10.7 Å². The van der Waals surface area contributed by atoms with E-state index in [2.05, 4.69) is 10.3 Å². The maximum absolute atomic E-state index is 11.3. The van der Waals surface area contributed by atoms with Gasteiger partial charge in [0.25, 0.3) is 0 Å². The Bertz CT molecular complexity index is 860. The zero-order valence-electron chi connectivity index (χ0n) is 12.6. The van der Waals surface area contributed by atoms with Crippen LogP contribution < -0.4 is 5.32 Å². The summed E-state index contributed by atoms with van der Waals surface area (Å²) in [5, 5.41) is 16.4. The van der Waals surface area contributed by atoms with Crippen molar-refractivity contribution in [2.75, 3.05) is 11.1 Å². The SMILES string of the molecule is O=[N+]([O-])c1cnc2ccsc2c1NC1CCC(CS(=O)(=O)Cl)CC1. The van der Waals surface area contributed by atoms with Gasteiger partial charge in [0.15, 0.2) is 0 Å². The summed E-state index contributed by atoms with van der Waals surface area (Å²) in [6, 6.07) is 1.91. The molecule has 130 valence electrons. The molecule has 0 radical (unpaired) electrons. The van der Waals surface area contributed by atoms with Gasteiger partial charge in [-0.05, 0) is 43.0 Å². The Balaban J connectivity index is 1.75. The molecule has 0 unspecified atom stereocenters. The number of aromatic nitrogens is 1. The standard InChI is InChI=1S/C14H16ClN3O4S2/c15-24(21,22)8-9-1-3-10(4-2-9)17-13-12(18(19)20)7-16-11-5-6-23-14(11)13/h5-7,9-10H,1-4,8H2,(H,16,17). The Morgan fingerprint density at radius 3 is 2.71 bits per heavy atom. The molecule has 1 aliphatic rings. The molecular weight excluding hydrogens is 374 g/mol. The molecule has 1 fully saturated rings. The lowest BCUT2D eigenvalue weighted by Gasteiger charge is -2.29. The van der Waals surface area contributed by atoms with E-state index >= 15 is 0 Å². The molecule has 0 aliphatic heterocycles.